The molecule has 2 aromatic heterocycles. The Bertz CT molecular complexity index is 741. The van der Waals surface area contributed by atoms with Crippen molar-refractivity contribution in [2.24, 2.45) is 5.41 Å². The van der Waals surface area contributed by atoms with Gasteiger partial charge in [0.1, 0.15) is 11.3 Å². The molecule has 1 spiro atoms. The second kappa shape index (κ2) is 6.14. The summed E-state index contributed by atoms with van der Waals surface area (Å²) in [4.78, 5) is 10.1. The van der Waals surface area contributed by atoms with Gasteiger partial charge in [-0.05, 0) is 85.1 Å². The quantitative estimate of drug-likeness (QED) is 0.695. The Morgan fingerprint density at radius 1 is 1.30 bits per heavy atom. The molecule has 1 aliphatic heterocycles. The number of hydrogen-bond donors (Lipinski definition) is 2. The van der Waals surface area contributed by atoms with E-state index in [0.29, 0.717) is 16.7 Å². The summed E-state index contributed by atoms with van der Waals surface area (Å²) in [7, 11) is 0. The smallest absolute Gasteiger partial charge is 0.225 e. The van der Waals surface area contributed by atoms with E-state index in [0.717, 1.165) is 33.6 Å². The molecular formula is C16H20BrClN4S. The predicted molar refractivity (Wildman–Crippen MR) is 101 cm³/mol. The van der Waals surface area contributed by atoms with Crippen LogP contribution >= 0.6 is 38.9 Å². The molecule has 23 heavy (non-hydrogen) atoms. The van der Waals surface area contributed by atoms with Gasteiger partial charge in [0.05, 0.1) is 9.17 Å². The molecule has 3 heterocycles. The number of fused-ring (bicyclic) bond motifs is 1. The zero-order valence-corrected chi connectivity index (χ0v) is 16.2. The summed E-state index contributed by atoms with van der Waals surface area (Å²) in [5.74, 6) is 0.898. The Hall–Kier alpha value is -0.430. The Labute approximate surface area is 153 Å². The summed E-state index contributed by atoms with van der Waals surface area (Å²) in [5, 5.41) is 7.46. The largest absolute Gasteiger partial charge is 0.366 e. The number of thiophene rings is 1. The van der Waals surface area contributed by atoms with Crippen LogP contribution in [0.25, 0.3) is 10.2 Å². The Morgan fingerprint density at radius 2 is 2.09 bits per heavy atom. The predicted octanol–water partition coefficient (Wildman–Crippen LogP) is 4.75. The molecule has 2 aliphatic rings. The van der Waals surface area contributed by atoms with E-state index in [9.17, 15) is 0 Å². The first-order valence-electron chi connectivity index (χ1n) is 8.16. The van der Waals surface area contributed by atoms with Gasteiger partial charge in [0.15, 0.2) is 0 Å². The Morgan fingerprint density at radius 3 is 2.87 bits per heavy atom. The van der Waals surface area contributed by atoms with Crippen molar-refractivity contribution in [2.75, 3.05) is 18.4 Å². The number of hydrogen-bond acceptors (Lipinski definition) is 5. The van der Waals surface area contributed by atoms with E-state index in [1.54, 1.807) is 11.3 Å². The van der Waals surface area contributed by atoms with Crippen molar-refractivity contribution in [3.8, 4) is 0 Å². The third-order valence-corrected chi connectivity index (χ3v) is 7.82. The molecule has 7 heteroatoms. The highest BCUT2D eigenvalue weighted by atomic mass is 79.9. The van der Waals surface area contributed by atoms with E-state index in [-0.39, 0.29) is 0 Å². The molecule has 4 rings (SSSR count). The molecule has 1 unspecified atom stereocenters. The minimum Gasteiger partial charge on any atom is -0.366 e. The lowest BCUT2D eigenvalue weighted by molar-refractivity contribution is 0.208. The monoisotopic (exact) mass is 414 g/mol. The van der Waals surface area contributed by atoms with E-state index < -0.39 is 0 Å². The lowest BCUT2D eigenvalue weighted by atomic mass is 9.77. The van der Waals surface area contributed by atoms with Crippen molar-refractivity contribution in [1.82, 2.24) is 15.3 Å². The van der Waals surface area contributed by atoms with Gasteiger partial charge in [-0.1, -0.05) is 0 Å². The van der Waals surface area contributed by atoms with Crippen LogP contribution in [0.15, 0.2) is 4.47 Å². The van der Waals surface area contributed by atoms with Gasteiger partial charge in [0.25, 0.3) is 0 Å². The molecule has 2 N–H and O–H groups in total. The number of nitrogens with one attached hydrogen (secondary N) is 2. The minimum absolute atomic E-state index is 0.313. The summed E-state index contributed by atoms with van der Waals surface area (Å²) in [6, 6.07) is 0.489. The molecule has 1 aliphatic carbocycles. The summed E-state index contributed by atoms with van der Waals surface area (Å²) in [6.45, 7) is 4.41. The maximum Gasteiger partial charge on any atom is 0.225 e. The third-order valence-electron chi connectivity index (χ3n) is 5.32. The van der Waals surface area contributed by atoms with Crippen LogP contribution in [0.4, 0.5) is 5.82 Å². The molecular weight excluding hydrogens is 396 g/mol. The molecule has 0 bridgehead atoms. The topological polar surface area (TPSA) is 49.8 Å². The van der Waals surface area contributed by atoms with E-state index in [4.69, 9.17) is 11.6 Å². The molecule has 124 valence electrons. The second-order valence-corrected chi connectivity index (χ2v) is 9.18. The van der Waals surface area contributed by atoms with Crippen molar-refractivity contribution >= 4 is 54.9 Å². The lowest BCUT2D eigenvalue weighted by Gasteiger charge is -2.34. The van der Waals surface area contributed by atoms with Gasteiger partial charge in [0, 0.05) is 10.9 Å². The van der Waals surface area contributed by atoms with Gasteiger partial charge in [-0.3, -0.25) is 0 Å². The SMILES string of the molecule is Cc1sc2c(NC3CCC4(CCNCC4)C3)nc(Cl)nc2c1Br. The molecule has 0 radical (unpaired) electrons. The first kappa shape index (κ1) is 16.1. The van der Waals surface area contributed by atoms with Gasteiger partial charge in [-0.2, -0.15) is 4.98 Å². The fourth-order valence-corrected chi connectivity index (χ4v) is 5.83. The highest BCUT2D eigenvalue weighted by molar-refractivity contribution is 9.10. The van der Waals surface area contributed by atoms with Gasteiger partial charge >= 0.3 is 0 Å². The van der Waals surface area contributed by atoms with E-state index in [2.05, 4.69) is 43.5 Å². The maximum atomic E-state index is 6.15. The van der Waals surface area contributed by atoms with Crippen molar-refractivity contribution in [1.29, 1.82) is 0 Å². The maximum absolute atomic E-state index is 6.15. The number of piperidine rings is 1. The van der Waals surface area contributed by atoms with Gasteiger partial charge < -0.3 is 10.6 Å². The fraction of sp³-hybridized carbons (Fsp3) is 0.625. The van der Waals surface area contributed by atoms with E-state index in [1.165, 1.54) is 37.0 Å². The summed E-state index contributed by atoms with van der Waals surface area (Å²) >= 11 is 11.5. The van der Waals surface area contributed by atoms with Crippen LogP contribution in [0.5, 0.6) is 0 Å². The van der Waals surface area contributed by atoms with Crippen LogP contribution in [-0.4, -0.2) is 29.1 Å². The van der Waals surface area contributed by atoms with Crippen molar-refractivity contribution < 1.29 is 0 Å². The summed E-state index contributed by atoms with van der Waals surface area (Å²) in [6.07, 6.45) is 6.38. The van der Waals surface area contributed by atoms with Gasteiger partial charge in [0.2, 0.25) is 5.28 Å². The van der Waals surface area contributed by atoms with Gasteiger partial charge in [-0.15, -0.1) is 11.3 Å². The van der Waals surface area contributed by atoms with Crippen LogP contribution < -0.4 is 10.6 Å². The van der Waals surface area contributed by atoms with Gasteiger partial charge in [-0.25, -0.2) is 4.98 Å². The summed E-state index contributed by atoms with van der Waals surface area (Å²) < 4.78 is 2.14. The average molecular weight is 416 g/mol. The van der Waals surface area contributed by atoms with Crippen LogP contribution in [0.2, 0.25) is 5.28 Å². The van der Waals surface area contributed by atoms with Crippen molar-refractivity contribution in [2.45, 2.75) is 45.1 Å². The lowest BCUT2D eigenvalue weighted by Crippen LogP contribution is -2.35. The van der Waals surface area contributed by atoms with Crippen LogP contribution in [0.3, 0.4) is 0 Å². The number of aryl methyl sites for hydroxylation is 1. The number of aromatic nitrogens is 2. The molecule has 1 saturated heterocycles. The number of anilines is 1. The molecule has 4 nitrogen and oxygen atoms in total. The normalized spacial score (nSPS) is 23.7. The van der Waals surface area contributed by atoms with Crippen LogP contribution in [0, 0.1) is 12.3 Å². The summed E-state index contributed by atoms with van der Waals surface area (Å²) in [5.41, 5.74) is 1.45. The standard InChI is InChI=1S/C16H20BrClN4S/c1-9-11(17)12-13(23-9)14(22-15(18)21-12)20-10-2-3-16(8-10)4-6-19-7-5-16/h10,19H,2-8H2,1H3,(H,20,21,22). The van der Waals surface area contributed by atoms with Crippen molar-refractivity contribution in [3.05, 3.63) is 14.6 Å². The van der Waals surface area contributed by atoms with Crippen molar-refractivity contribution in [3.63, 3.8) is 0 Å². The molecule has 0 aromatic carbocycles. The number of nitrogens with zero attached hydrogens (tertiary/aromatic N) is 2. The highest BCUT2D eigenvalue weighted by Gasteiger charge is 2.40. The molecule has 1 saturated carbocycles. The van der Waals surface area contributed by atoms with E-state index >= 15 is 0 Å². The zero-order chi connectivity index (χ0) is 16.0. The number of rotatable bonds is 2. The fourth-order valence-electron chi connectivity index (χ4n) is 4.07. The average Bonchev–Trinajstić information content (AvgIpc) is 3.04. The molecule has 0 amide bonds. The van der Waals surface area contributed by atoms with Crippen LogP contribution in [0.1, 0.15) is 37.0 Å². The first-order chi connectivity index (χ1) is 11.1. The molecule has 1 atom stereocenters. The molecule has 2 aromatic rings. The highest BCUT2D eigenvalue weighted by Crippen LogP contribution is 2.46. The van der Waals surface area contributed by atoms with E-state index in [1.807, 2.05) is 0 Å². The second-order valence-electron chi connectivity index (χ2n) is 6.83. The van der Waals surface area contributed by atoms with Crippen LogP contribution in [-0.2, 0) is 0 Å². The Balaban J connectivity index is 1.60. The first-order valence-corrected chi connectivity index (χ1v) is 10.1. The Kier molecular flexibility index (Phi) is 4.28. The number of halogens is 2. The minimum atomic E-state index is 0.313. The third kappa shape index (κ3) is 2.99. The zero-order valence-electron chi connectivity index (χ0n) is 13.1. The molecule has 2 fully saturated rings.